The molecule has 1 nitrogen and oxygen atoms in total. The second-order valence-electron chi connectivity index (χ2n) is 3.00. The Labute approximate surface area is 86.2 Å². The Morgan fingerprint density at radius 1 is 1.13 bits per heavy atom. The highest BCUT2D eigenvalue weighted by Crippen LogP contribution is 2.06. The maximum atomic E-state index is 9.75. The van der Waals surface area contributed by atoms with Gasteiger partial charge in [-0.15, -0.1) is 0 Å². The minimum atomic E-state index is -6.00. The van der Waals surface area contributed by atoms with Crippen molar-refractivity contribution in [3.63, 3.8) is 0 Å². The SMILES string of the molecule is C=C(C)C[n+]1ccccc1.F[B-](F)(F)F. The maximum Gasteiger partial charge on any atom is 0.673 e. The molecule has 0 amide bonds. The first-order chi connectivity index (χ1) is 6.79. The molecule has 0 spiro atoms. The van der Waals surface area contributed by atoms with Gasteiger partial charge in [0, 0.05) is 12.1 Å². The number of rotatable bonds is 2. The number of pyridine rings is 1. The number of nitrogens with zero attached hydrogens (tertiary/aromatic N) is 1. The molecule has 84 valence electrons. The molecule has 0 saturated carbocycles. The van der Waals surface area contributed by atoms with Gasteiger partial charge in [0.05, 0.1) is 0 Å². The Hall–Kier alpha value is -1.33. The fourth-order valence-corrected chi connectivity index (χ4v) is 0.851. The molecule has 0 fully saturated rings. The van der Waals surface area contributed by atoms with Gasteiger partial charge in [-0.05, 0) is 12.5 Å². The molecule has 15 heavy (non-hydrogen) atoms. The number of hydrogen-bond acceptors (Lipinski definition) is 0. The summed E-state index contributed by atoms with van der Waals surface area (Å²) < 4.78 is 41.1. The third kappa shape index (κ3) is 12.7. The van der Waals surface area contributed by atoms with Crippen molar-refractivity contribution in [1.29, 1.82) is 0 Å². The molecule has 0 atom stereocenters. The highest BCUT2D eigenvalue weighted by molar-refractivity contribution is 6.50. The van der Waals surface area contributed by atoms with Crippen LogP contribution >= 0.6 is 0 Å². The molecular formula is C9H12BF4N. The van der Waals surface area contributed by atoms with Gasteiger partial charge in [-0.25, -0.2) is 4.57 Å². The van der Waals surface area contributed by atoms with Crippen LogP contribution in [-0.4, -0.2) is 7.25 Å². The lowest BCUT2D eigenvalue weighted by atomic mass is 10.3. The normalized spacial score (nSPS) is 10.2. The van der Waals surface area contributed by atoms with Crippen LogP contribution in [-0.2, 0) is 6.54 Å². The molecule has 1 rings (SSSR count). The van der Waals surface area contributed by atoms with E-state index in [1.54, 1.807) is 0 Å². The number of allylic oxidation sites excluding steroid dienone is 1. The Morgan fingerprint density at radius 3 is 1.87 bits per heavy atom. The zero-order valence-corrected chi connectivity index (χ0v) is 8.34. The molecule has 0 radical (unpaired) electrons. The van der Waals surface area contributed by atoms with E-state index in [1.165, 1.54) is 5.57 Å². The summed E-state index contributed by atoms with van der Waals surface area (Å²) >= 11 is 0. The van der Waals surface area contributed by atoms with Gasteiger partial charge in [0.15, 0.2) is 18.9 Å². The zero-order valence-electron chi connectivity index (χ0n) is 8.34. The van der Waals surface area contributed by atoms with Gasteiger partial charge < -0.3 is 17.3 Å². The van der Waals surface area contributed by atoms with Crippen LogP contribution in [0.1, 0.15) is 6.92 Å². The van der Waals surface area contributed by atoms with E-state index in [0.717, 1.165) is 6.54 Å². The Morgan fingerprint density at radius 2 is 1.53 bits per heavy atom. The molecule has 1 aromatic heterocycles. The first-order valence-corrected chi connectivity index (χ1v) is 4.25. The summed E-state index contributed by atoms with van der Waals surface area (Å²) in [6, 6.07) is 6.04. The minimum absolute atomic E-state index is 0.918. The van der Waals surface area contributed by atoms with Crippen molar-refractivity contribution < 1.29 is 21.8 Å². The Bertz CT molecular complexity index is 291. The average molecular weight is 221 g/mol. The molecule has 1 heterocycles. The van der Waals surface area contributed by atoms with Crippen molar-refractivity contribution in [2.45, 2.75) is 13.5 Å². The monoisotopic (exact) mass is 221 g/mol. The van der Waals surface area contributed by atoms with Crippen LogP contribution in [0.5, 0.6) is 0 Å². The van der Waals surface area contributed by atoms with Crippen LogP contribution in [0.15, 0.2) is 42.7 Å². The standard InChI is InChI=1S/C9H12N.BF4/c1-9(2)8-10-6-4-3-5-7-10;2-1(3,4)5/h3-7H,1,8H2,2H3;/q+1;-1. The lowest BCUT2D eigenvalue weighted by Crippen LogP contribution is -2.32. The van der Waals surface area contributed by atoms with Crippen LogP contribution in [0.25, 0.3) is 0 Å². The quantitative estimate of drug-likeness (QED) is 0.313. The van der Waals surface area contributed by atoms with Crippen LogP contribution in [0.2, 0.25) is 0 Å². The average Bonchev–Trinajstić information content (AvgIpc) is 2.01. The first kappa shape index (κ1) is 13.7. The summed E-state index contributed by atoms with van der Waals surface area (Å²) in [4.78, 5) is 0. The highest BCUT2D eigenvalue weighted by Gasteiger charge is 2.20. The molecule has 0 aromatic carbocycles. The van der Waals surface area contributed by atoms with Crippen molar-refractivity contribution in [2.75, 3.05) is 0 Å². The van der Waals surface area contributed by atoms with E-state index in [4.69, 9.17) is 0 Å². The van der Waals surface area contributed by atoms with Gasteiger partial charge in [-0.3, -0.25) is 0 Å². The summed E-state index contributed by atoms with van der Waals surface area (Å²) in [6.07, 6.45) is 4.07. The molecule has 6 heteroatoms. The molecule has 0 aliphatic rings. The number of halogens is 4. The minimum Gasteiger partial charge on any atom is -0.418 e. The van der Waals surface area contributed by atoms with E-state index in [2.05, 4.69) is 11.1 Å². The van der Waals surface area contributed by atoms with E-state index in [9.17, 15) is 17.3 Å². The predicted octanol–water partition coefficient (Wildman–Crippen LogP) is 2.85. The lowest BCUT2D eigenvalue weighted by molar-refractivity contribution is -0.688. The Kier molecular flexibility index (Phi) is 5.66. The van der Waals surface area contributed by atoms with Crippen LogP contribution < -0.4 is 4.57 Å². The van der Waals surface area contributed by atoms with Gasteiger partial charge in [0.1, 0.15) is 0 Å². The van der Waals surface area contributed by atoms with Crippen molar-refractivity contribution in [1.82, 2.24) is 0 Å². The molecule has 0 saturated heterocycles. The van der Waals surface area contributed by atoms with Gasteiger partial charge in [-0.2, -0.15) is 0 Å². The van der Waals surface area contributed by atoms with Crippen LogP contribution in [0, 0.1) is 0 Å². The molecule has 1 aromatic rings. The lowest BCUT2D eigenvalue weighted by Gasteiger charge is -1.94. The summed E-state index contributed by atoms with van der Waals surface area (Å²) in [5.74, 6) is 0. The van der Waals surface area contributed by atoms with Gasteiger partial charge in [-0.1, -0.05) is 12.6 Å². The van der Waals surface area contributed by atoms with Crippen molar-refractivity contribution in [2.24, 2.45) is 0 Å². The molecular weight excluding hydrogens is 209 g/mol. The fourth-order valence-electron chi connectivity index (χ4n) is 0.851. The molecule has 0 N–H and O–H groups in total. The van der Waals surface area contributed by atoms with Crippen molar-refractivity contribution in [3.8, 4) is 0 Å². The maximum absolute atomic E-state index is 9.75. The summed E-state index contributed by atoms with van der Waals surface area (Å²) in [5, 5.41) is 0. The second kappa shape index (κ2) is 6.21. The van der Waals surface area contributed by atoms with Gasteiger partial charge >= 0.3 is 7.25 Å². The zero-order chi connectivity index (χ0) is 11.9. The molecule has 0 unspecified atom stereocenters. The van der Waals surface area contributed by atoms with E-state index < -0.39 is 7.25 Å². The van der Waals surface area contributed by atoms with Gasteiger partial charge in [0.25, 0.3) is 0 Å². The second-order valence-corrected chi connectivity index (χ2v) is 3.00. The fraction of sp³-hybridized carbons (Fsp3) is 0.222. The van der Waals surface area contributed by atoms with Crippen molar-refractivity contribution in [3.05, 3.63) is 42.7 Å². The smallest absolute Gasteiger partial charge is 0.418 e. The largest absolute Gasteiger partial charge is 0.673 e. The van der Waals surface area contributed by atoms with E-state index in [1.807, 2.05) is 37.5 Å². The molecule has 0 aliphatic heterocycles. The summed E-state index contributed by atoms with van der Waals surface area (Å²) in [6.45, 7) is 6.77. The molecule has 0 bridgehead atoms. The number of aromatic nitrogens is 1. The van der Waals surface area contributed by atoms with E-state index >= 15 is 0 Å². The highest BCUT2D eigenvalue weighted by atomic mass is 19.5. The summed E-state index contributed by atoms with van der Waals surface area (Å²) in [5.41, 5.74) is 1.18. The van der Waals surface area contributed by atoms with Gasteiger partial charge in [0.2, 0.25) is 0 Å². The van der Waals surface area contributed by atoms with Crippen molar-refractivity contribution >= 4 is 7.25 Å². The van der Waals surface area contributed by atoms with Crippen LogP contribution in [0.4, 0.5) is 17.3 Å². The molecule has 0 aliphatic carbocycles. The summed E-state index contributed by atoms with van der Waals surface area (Å²) in [7, 11) is -6.00. The van der Waals surface area contributed by atoms with E-state index in [-0.39, 0.29) is 0 Å². The predicted molar refractivity (Wildman–Crippen MR) is 51.6 cm³/mol. The third-order valence-corrected chi connectivity index (χ3v) is 1.23. The van der Waals surface area contributed by atoms with Crippen LogP contribution in [0.3, 0.4) is 0 Å². The third-order valence-electron chi connectivity index (χ3n) is 1.23. The Balaban J connectivity index is 0.000000336. The van der Waals surface area contributed by atoms with E-state index in [0.29, 0.717) is 0 Å². The first-order valence-electron chi connectivity index (χ1n) is 4.25. The topological polar surface area (TPSA) is 3.88 Å². The number of hydrogen-bond donors (Lipinski definition) is 0.